The first-order chi connectivity index (χ1) is 11.7. The summed E-state index contributed by atoms with van der Waals surface area (Å²) in [6, 6.07) is 7.70. The maximum Gasteiger partial charge on any atom is 0.189 e. The third kappa shape index (κ3) is 3.71. The minimum Gasteiger partial charge on any atom is -0.493 e. The van der Waals surface area contributed by atoms with Crippen molar-refractivity contribution < 1.29 is 9.47 Å². The van der Waals surface area contributed by atoms with Crippen LogP contribution in [0.4, 0.5) is 5.82 Å². The fourth-order valence-electron chi connectivity index (χ4n) is 2.20. The molecule has 1 N–H and O–H groups in total. The summed E-state index contributed by atoms with van der Waals surface area (Å²) < 4.78 is 10.6. The molecular weight excluding hydrogens is 324 g/mol. The Morgan fingerprint density at radius 1 is 1.21 bits per heavy atom. The number of aromatic nitrogens is 2. The number of ether oxygens (including phenoxy) is 2. The summed E-state index contributed by atoms with van der Waals surface area (Å²) in [6.45, 7) is 2.80. The highest BCUT2D eigenvalue weighted by atomic mass is 32.2. The molecule has 0 amide bonds. The van der Waals surface area contributed by atoms with Gasteiger partial charge in [0.1, 0.15) is 17.5 Å². The van der Waals surface area contributed by atoms with Crippen LogP contribution in [0, 0.1) is 11.3 Å². The molecule has 0 unspecified atom stereocenters. The molecule has 1 aromatic heterocycles. The molecule has 0 aliphatic heterocycles. The van der Waals surface area contributed by atoms with Gasteiger partial charge in [0.2, 0.25) is 0 Å². The number of rotatable bonds is 7. The topological polar surface area (TPSA) is 80.1 Å². The van der Waals surface area contributed by atoms with Crippen LogP contribution in [-0.4, -0.2) is 37.0 Å². The predicted molar refractivity (Wildman–Crippen MR) is 95.8 cm³/mol. The second-order valence-electron chi connectivity index (χ2n) is 4.89. The highest BCUT2D eigenvalue weighted by molar-refractivity contribution is 7.98. The van der Waals surface area contributed by atoms with E-state index in [0.29, 0.717) is 33.7 Å². The lowest BCUT2D eigenvalue weighted by atomic mass is 10.1. The lowest BCUT2D eigenvalue weighted by Crippen LogP contribution is -2.07. The van der Waals surface area contributed by atoms with Gasteiger partial charge in [-0.1, -0.05) is 18.7 Å². The lowest BCUT2D eigenvalue weighted by molar-refractivity contribution is 0.355. The molecule has 0 aliphatic rings. The summed E-state index contributed by atoms with van der Waals surface area (Å²) in [5, 5.41) is 13.4. The standard InChI is InChI=1S/C17H20N4O2S/c1-5-8-19-16-12(10-18)15(20-17(21-16)24-4)11-6-7-13(22-2)14(9-11)23-3/h6-7,9H,5,8H2,1-4H3,(H,19,20,21). The van der Waals surface area contributed by atoms with Crippen LogP contribution in [-0.2, 0) is 0 Å². The molecular formula is C17H20N4O2S. The maximum absolute atomic E-state index is 9.62. The van der Waals surface area contributed by atoms with Gasteiger partial charge in [-0.2, -0.15) is 5.26 Å². The largest absolute Gasteiger partial charge is 0.493 e. The van der Waals surface area contributed by atoms with Crippen LogP contribution in [0.25, 0.3) is 11.3 Å². The summed E-state index contributed by atoms with van der Waals surface area (Å²) in [5.41, 5.74) is 1.78. The molecule has 0 atom stereocenters. The Kier molecular flexibility index (Phi) is 6.27. The van der Waals surface area contributed by atoms with E-state index in [-0.39, 0.29) is 0 Å². The summed E-state index contributed by atoms with van der Waals surface area (Å²) in [6.07, 6.45) is 2.85. The first kappa shape index (κ1) is 17.9. The lowest BCUT2D eigenvalue weighted by Gasteiger charge is -2.13. The summed E-state index contributed by atoms with van der Waals surface area (Å²) in [5.74, 6) is 1.78. The normalized spacial score (nSPS) is 10.1. The van der Waals surface area contributed by atoms with Crippen molar-refractivity contribution >= 4 is 17.6 Å². The number of nitrogens with one attached hydrogen (secondary N) is 1. The van der Waals surface area contributed by atoms with Crippen LogP contribution >= 0.6 is 11.8 Å². The zero-order chi connectivity index (χ0) is 17.5. The fourth-order valence-corrected chi connectivity index (χ4v) is 2.57. The van der Waals surface area contributed by atoms with Crippen molar-refractivity contribution in [2.45, 2.75) is 18.5 Å². The number of hydrogen-bond acceptors (Lipinski definition) is 7. The zero-order valence-corrected chi connectivity index (χ0v) is 15.0. The monoisotopic (exact) mass is 344 g/mol. The molecule has 7 heteroatoms. The van der Waals surface area contributed by atoms with E-state index in [1.54, 1.807) is 20.3 Å². The van der Waals surface area contributed by atoms with Gasteiger partial charge in [0.15, 0.2) is 16.7 Å². The van der Waals surface area contributed by atoms with Crippen molar-refractivity contribution in [1.82, 2.24) is 9.97 Å². The van der Waals surface area contributed by atoms with E-state index in [2.05, 4.69) is 28.3 Å². The molecule has 2 rings (SSSR count). The number of anilines is 1. The molecule has 126 valence electrons. The predicted octanol–water partition coefficient (Wildman–Crippen LogP) is 3.58. The Labute approximate surface area is 146 Å². The van der Waals surface area contributed by atoms with E-state index in [1.165, 1.54) is 11.8 Å². The molecule has 0 spiro atoms. The highest BCUT2D eigenvalue weighted by Crippen LogP contribution is 2.34. The first-order valence-corrected chi connectivity index (χ1v) is 8.73. The van der Waals surface area contributed by atoms with Crippen molar-refractivity contribution in [1.29, 1.82) is 5.26 Å². The second kappa shape index (κ2) is 8.41. The fraction of sp³-hybridized carbons (Fsp3) is 0.353. The molecule has 1 heterocycles. The molecule has 1 aromatic carbocycles. The van der Waals surface area contributed by atoms with Crippen molar-refractivity contribution in [3.63, 3.8) is 0 Å². The Balaban J connectivity index is 2.62. The van der Waals surface area contributed by atoms with E-state index in [0.717, 1.165) is 18.5 Å². The quantitative estimate of drug-likeness (QED) is 0.607. The zero-order valence-electron chi connectivity index (χ0n) is 14.2. The van der Waals surface area contributed by atoms with Crippen molar-refractivity contribution in [2.24, 2.45) is 0 Å². The van der Waals surface area contributed by atoms with Gasteiger partial charge in [-0.05, 0) is 30.9 Å². The molecule has 0 fully saturated rings. The average Bonchev–Trinajstić information content (AvgIpc) is 2.64. The van der Waals surface area contributed by atoms with Gasteiger partial charge in [0.05, 0.1) is 19.9 Å². The number of thioether (sulfide) groups is 1. The van der Waals surface area contributed by atoms with Gasteiger partial charge >= 0.3 is 0 Å². The molecule has 2 aromatic rings. The van der Waals surface area contributed by atoms with Crippen molar-refractivity contribution in [2.75, 3.05) is 32.3 Å². The molecule has 24 heavy (non-hydrogen) atoms. The summed E-state index contributed by atoms with van der Waals surface area (Å²) in [7, 11) is 3.16. The van der Waals surface area contributed by atoms with E-state index in [1.807, 2.05) is 18.4 Å². The number of hydrogen-bond donors (Lipinski definition) is 1. The Bertz CT molecular complexity index is 759. The van der Waals surface area contributed by atoms with Crippen LogP contribution in [0.15, 0.2) is 23.4 Å². The van der Waals surface area contributed by atoms with Crippen molar-refractivity contribution in [3.8, 4) is 28.8 Å². The van der Waals surface area contributed by atoms with Crippen LogP contribution in [0.2, 0.25) is 0 Å². The van der Waals surface area contributed by atoms with E-state index in [9.17, 15) is 5.26 Å². The van der Waals surface area contributed by atoms with Gasteiger partial charge < -0.3 is 14.8 Å². The molecule has 0 saturated heterocycles. The molecule has 0 radical (unpaired) electrons. The minimum absolute atomic E-state index is 0.425. The van der Waals surface area contributed by atoms with Gasteiger partial charge in [-0.15, -0.1) is 0 Å². The first-order valence-electron chi connectivity index (χ1n) is 7.50. The third-order valence-electron chi connectivity index (χ3n) is 3.38. The number of nitrogens with zero attached hydrogens (tertiary/aromatic N) is 3. The number of benzene rings is 1. The second-order valence-corrected chi connectivity index (χ2v) is 5.66. The van der Waals surface area contributed by atoms with Gasteiger partial charge in [-0.25, -0.2) is 9.97 Å². The smallest absolute Gasteiger partial charge is 0.189 e. The Hall–Kier alpha value is -2.46. The highest BCUT2D eigenvalue weighted by Gasteiger charge is 2.17. The van der Waals surface area contributed by atoms with Gasteiger partial charge in [0.25, 0.3) is 0 Å². The number of nitriles is 1. The SMILES string of the molecule is CCCNc1nc(SC)nc(-c2ccc(OC)c(OC)c2)c1C#N. The molecule has 0 bridgehead atoms. The van der Waals surface area contributed by atoms with E-state index >= 15 is 0 Å². The average molecular weight is 344 g/mol. The number of methoxy groups -OCH3 is 2. The molecule has 6 nitrogen and oxygen atoms in total. The van der Waals surface area contributed by atoms with Gasteiger partial charge in [-0.3, -0.25) is 0 Å². The maximum atomic E-state index is 9.62. The van der Waals surface area contributed by atoms with Crippen molar-refractivity contribution in [3.05, 3.63) is 23.8 Å². The van der Waals surface area contributed by atoms with E-state index in [4.69, 9.17) is 9.47 Å². The molecule has 0 aliphatic carbocycles. The van der Waals surface area contributed by atoms with E-state index < -0.39 is 0 Å². The third-order valence-corrected chi connectivity index (χ3v) is 3.93. The molecule has 0 saturated carbocycles. The van der Waals surface area contributed by atoms with Crippen LogP contribution in [0.1, 0.15) is 18.9 Å². The van der Waals surface area contributed by atoms with Gasteiger partial charge in [0, 0.05) is 12.1 Å². The van der Waals surface area contributed by atoms with Crippen LogP contribution < -0.4 is 14.8 Å². The van der Waals surface area contributed by atoms with Crippen LogP contribution in [0.3, 0.4) is 0 Å². The Morgan fingerprint density at radius 2 is 1.96 bits per heavy atom. The minimum atomic E-state index is 0.425. The summed E-state index contributed by atoms with van der Waals surface area (Å²) >= 11 is 1.43. The van der Waals surface area contributed by atoms with Crippen LogP contribution in [0.5, 0.6) is 11.5 Å². The summed E-state index contributed by atoms with van der Waals surface area (Å²) in [4.78, 5) is 8.95. The Morgan fingerprint density at radius 3 is 2.54 bits per heavy atom.